The molecule has 6 nitrogen and oxygen atoms in total. The lowest BCUT2D eigenvalue weighted by Crippen LogP contribution is -2.42. The first-order valence-electron chi connectivity index (χ1n) is 6.47. The molecule has 6 heteroatoms. The van der Waals surface area contributed by atoms with Gasteiger partial charge in [-0.05, 0) is 45.1 Å². The maximum atomic E-state index is 8.72. The number of amidine groups is 1. The monoisotopic (exact) mass is 263 g/mol. The lowest BCUT2D eigenvalue weighted by atomic mass is 10.0. The molecule has 1 aromatic rings. The summed E-state index contributed by atoms with van der Waals surface area (Å²) in [7, 11) is 4.20. The number of pyridine rings is 1. The topological polar surface area (TPSA) is 78.0 Å². The molecule has 0 atom stereocenters. The van der Waals surface area contributed by atoms with Crippen LogP contribution in [-0.2, 0) is 0 Å². The van der Waals surface area contributed by atoms with Gasteiger partial charge in [-0.25, -0.2) is 4.98 Å². The van der Waals surface area contributed by atoms with E-state index in [0.29, 0.717) is 11.6 Å². The molecule has 0 amide bonds. The van der Waals surface area contributed by atoms with E-state index in [9.17, 15) is 0 Å². The van der Waals surface area contributed by atoms with E-state index in [1.807, 2.05) is 13.1 Å². The zero-order valence-electron chi connectivity index (χ0n) is 11.5. The molecule has 1 aliphatic rings. The van der Waals surface area contributed by atoms with Crippen LogP contribution in [0.3, 0.4) is 0 Å². The number of hydrogen-bond donors (Lipinski definition) is 2. The number of likely N-dealkylation sites (tertiary alicyclic amines) is 1. The smallest absolute Gasteiger partial charge is 0.170 e. The molecule has 1 aromatic heterocycles. The van der Waals surface area contributed by atoms with Crippen molar-refractivity contribution in [3.05, 3.63) is 23.9 Å². The minimum Gasteiger partial charge on any atom is -0.409 e. The Morgan fingerprint density at radius 3 is 2.84 bits per heavy atom. The summed E-state index contributed by atoms with van der Waals surface area (Å²) in [6.07, 6.45) is 3.94. The Labute approximate surface area is 113 Å². The van der Waals surface area contributed by atoms with Crippen molar-refractivity contribution in [3.8, 4) is 0 Å². The standard InChI is InChI=1S/C13H21N5O/c1-17-7-4-11(5-8-17)18(2)12-9-10(3-6-15-12)13(14)16-19/h3,6,9,11,19H,4-5,7-8H2,1-2H3,(H2,14,16). The highest BCUT2D eigenvalue weighted by Crippen LogP contribution is 2.20. The summed E-state index contributed by atoms with van der Waals surface area (Å²) in [6.45, 7) is 2.21. The maximum Gasteiger partial charge on any atom is 0.170 e. The quantitative estimate of drug-likeness (QED) is 0.363. The number of nitrogens with two attached hydrogens (primary N) is 1. The number of rotatable bonds is 3. The van der Waals surface area contributed by atoms with Crippen molar-refractivity contribution >= 4 is 11.7 Å². The summed E-state index contributed by atoms with van der Waals surface area (Å²) < 4.78 is 0. The third-order valence-corrected chi connectivity index (χ3v) is 3.75. The maximum absolute atomic E-state index is 8.72. The van der Waals surface area contributed by atoms with Crippen molar-refractivity contribution in [2.75, 3.05) is 32.1 Å². The van der Waals surface area contributed by atoms with Gasteiger partial charge >= 0.3 is 0 Å². The van der Waals surface area contributed by atoms with Gasteiger partial charge in [0.05, 0.1) is 0 Å². The fourth-order valence-corrected chi connectivity index (χ4v) is 2.40. The molecule has 19 heavy (non-hydrogen) atoms. The molecule has 0 radical (unpaired) electrons. The van der Waals surface area contributed by atoms with E-state index in [1.54, 1.807) is 12.3 Å². The zero-order chi connectivity index (χ0) is 13.8. The molecular weight excluding hydrogens is 242 g/mol. The Hall–Kier alpha value is -1.82. The SMILES string of the molecule is CN1CCC(N(C)c2cc(/C(N)=N/O)ccn2)CC1. The van der Waals surface area contributed by atoms with Gasteiger partial charge in [0.2, 0.25) is 0 Å². The summed E-state index contributed by atoms with van der Waals surface area (Å²) in [5.74, 6) is 0.971. The van der Waals surface area contributed by atoms with Crippen LogP contribution in [0, 0.1) is 0 Å². The minimum atomic E-state index is 0.112. The Bertz CT molecular complexity index is 454. The summed E-state index contributed by atoms with van der Waals surface area (Å²) in [5.41, 5.74) is 6.29. The van der Waals surface area contributed by atoms with Crippen LogP contribution in [0.5, 0.6) is 0 Å². The van der Waals surface area contributed by atoms with E-state index >= 15 is 0 Å². The molecule has 2 rings (SSSR count). The second-order valence-electron chi connectivity index (χ2n) is 5.03. The number of aromatic nitrogens is 1. The van der Waals surface area contributed by atoms with Gasteiger partial charge in [0.1, 0.15) is 5.82 Å². The molecule has 0 bridgehead atoms. The molecule has 0 unspecified atom stereocenters. The van der Waals surface area contributed by atoms with E-state index in [-0.39, 0.29) is 5.84 Å². The average Bonchev–Trinajstić information content (AvgIpc) is 2.46. The summed E-state index contributed by atoms with van der Waals surface area (Å²) in [4.78, 5) is 8.89. The molecule has 1 saturated heterocycles. The molecule has 0 spiro atoms. The van der Waals surface area contributed by atoms with Crippen molar-refractivity contribution in [3.63, 3.8) is 0 Å². The fourth-order valence-electron chi connectivity index (χ4n) is 2.40. The lowest BCUT2D eigenvalue weighted by molar-refractivity contribution is 0.252. The van der Waals surface area contributed by atoms with Gasteiger partial charge in [-0.2, -0.15) is 0 Å². The largest absolute Gasteiger partial charge is 0.409 e. The van der Waals surface area contributed by atoms with E-state index in [4.69, 9.17) is 10.9 Å². The zero-order valence-corrected chi connectivity index (χ0v) is 11.5. The van der Waals surface area contributed by atoms with Crippen molar-refractivity contribution in [2.45, 2.75) is 18.9 Å². The van der Waals surface area contributed by atoms with Crippen LogP contribution in [0.2, 0.25) is 0 Å². The van der Waals surface area contributed by atoms with Gasteiger partial charge in [0.15, 0.2) is 5.84 Å². The van der Waals surface area contributed by atoms with Gasteiger partial charge in [0, 0.05) is 24.8 Å². The van der Waals surface area contributed by atoms with Crippen LogP contribution in [0.15, 0.2) is 23.5 Å². The normalized spacial score (nSPS) is 18.5. The molecule has 3 N–H and O–H groups in total. The molecule has 0 aromatic carbocycles. The number of nitrogens with zero attached hydrogens (tertiary/aromatic N) is 4. The van der Waals surface area contributed by atoms with Crippen molar-refractivity contribution in [1.82, 2.24) is 9.88 Å². The minimum absolute atomic E-state index is 0.112. The predicted octanol–water partition coefficient (Wildman–Crippen LogP) is 0.707. The van der Waals surface area contributed by atoms with Crippen LogP contribution in [0.25, 0.3) is 0 Å². The molecule has 0 aliphatic carbocycles. The van der Waals surface area contributed by atoms with Gasteiger partial charge in [-0.3, -0.25) is 0 Å². The Balaban J connectivity index is 2.13. The Morgan fingerprint density at radius 1 is 1.53 bits per heavy atom. The van der Waals surface area contributed by atoms with Crippen LogP contribution < -0.4 is 10.6 Å². The highest BCUT2D eigenvalue weighted by molar-refractivity contribution is 5.97. The van der Waals surface area contributed by atoms with Crippen molar-refractivity contribution in [1.29, 1.82) is 0 Å². The molecule has 0 saturated carbocycles. The molecular formula is C13H21N5O. The highest BCUT2D eigenvalue weighted by Gasteiger charge is 2.21. The predicted molar refractivity (Wildman–Crippen MR) is 75.7 cm³/mol. The number of hydrogen-bond acceptors (Lipinski definition) is 5. The van der Waals surface area contributed by atoms with Crippen molar-refractivity contribution < 1.29 is 5.21 Å². The second-order valence-corrected chi connectivity index (χ2v) is 5.03. The van der Waals surface area contributed by atoms with Crippen LogP contribution in [-0.4, -0.2) is 54.2 Å². The van der Waals surface area contributed by atoms with Gasteiger partial charge in [-0.15, -0.1) is 0 Å². The third kappa shape index (κ3) is 3.14. The van der Waals surface area contributed by atoms with Crippen LogP contribution in [0.1, 0.15) is 18.4 Å². The average molecular weight is 263 g/mol. The van der Waals surface area contributed by atoms with E-state index < -0.39 is 0 Å². The van der Waals surface area contributed by atoms with Gasteiger partial charge in [0.25, 0.3) is 0 Å². The Morgan fingerprint density at radius 2 is 2.21 bits per heavy atom. The molecule has 1 aliphatic heterocycles. The number of oxime groups is 1. The summed E-state index contributed by atoms with van der Waals surface area (Å²) in [6, 6.07) is 4.08. The summed E-state index contributed by atoms with van der Waals surface area (Å²) >= 11 is 0. The molecule has 1 fully saturated rings. The van der Waals surface area contributed by atoms with Crippen molar-refractivity contribution in [2.24, 2.45) is 10.9 Å². The van der Waals surface area contributed by atoms with E-state index in [0.717, 1.165) is 31.7 Å². The fraction of sp³-hybridized carbons (Fsp3) is 0.538. The molecule has 104 valence electrons. The third-order valence-electron chi connectivity index (χ3n) is 3.75. The van der Waals surface area contributed by atoms with Gasteiger partial charge in [-0.1, -0.05) is 5.16 Å². The first kappa shape index (κ1) is 13.6. The van der Waals surface area contributed by atoms with E-state index in [2.05, 4.69) is 27.0 Å². The first-order valence-corrected chi connectivity index (χ1v) is 6.47. The number of piperidine rings is 1. The molecule has 2 heterocycles. The number of anilines is 1. The van der Waals surface area contributed by atoms with Gasteiger partial charge < -0.3 is 20.7 Å². The lowest BCUT2D eigenvalue weighted by Gasteiger charge is -2.35. The Kier molecular flexibility index (Phi) is 4.21. The van der Waals surface area contributed by atoms with Crippen LogP contribution >= 0.6 is 0 Å². The second kappa shape index (κ2) is 5.88. The first-order chi connectivity index (χ1) is 9.11. The summed E-state index contributed by atoms with van der Waals surface area (Å²) in [5, 5.41) is 11.7. The van der Waals surface area contributed by atoms with E-state index in [1.165, 1.54) is 0 Å². The highest BCUT2D eigenvalue weighted by atomic mass is 16.4. The van der Waals surface area contributed by atoms with Crippen LogP contribution in [0.4, 0.5) is 5.82 Å².